The number of primary amides is 1. The Morgan fingerprint density at radius 1 is 1.11 bits per heavy atom. The fourth-order valence-corrected chi connectivity index (χ4v) is 2.88. The molecule has 4 N–H and O–H groups in total. The highest BCUT2D eigenvalue weighted by atomic mass is 19.1. The zero-order chi connectivity index (χ0) is 19.8. The fourth-order valence-electron chi connectivity index (χ4n) is 2.88. The van der Waals surface area contributed by atoms with E-state index in [0.717, 1.165) is 12.1 Å². The molecule has 0 atom stereocenters. The normalized spacial score (nSPS) is 10.9. The predicted molar refractivity (Wildman–Crippen MR) is 99.4 cm³/mol. The molecule has 2 heterocycles. The van der Waals surface area contributed by atoms with Crippen molar-refractivity contribution in [2.45, 2.75) is 0 Å². The molecule has 0 radical (unpaired) electrons. The summed E-state index contributed by atoms with van der Waals surface area (Å²) in [7, 11) is 0. The van der Waals surface area contributed by atoms with Crippen LogP contribution in [0.25, 0.3) is 16.9 Å². The van der Waals surface area contributed by atoms with Gasteiger partial charge in [0.05, 0.1) is 5.56 Å². The van der Waals surface area contributed by atoms with Gasteiger partial charge in [-0.05, 0) is 36.4 Å². The largest absolute Gasteiger partial charge is 0.366 e. The van der Waals surface area contributed by atoms with Crippen molar-refractivity contribution in [3.8, 4) is 11.4 Å². The van der Waals surface area contributed by atoms with Gasteiger partial charge in [-0.2, -0.15) is 0 Å². The smallest absolute Gasteiger partial charge is 0.276 e. The van der Waals surface area contributed by atoms with Gasteiger partial charge in [0.2, 0.25) is 5.91 Å². The van der Waals surface area contributed by atoms with Gasteiger partial charge in [0.1, 0.15) is 11.6 Å². The molecule has 2 aromatic carbocycles. The summed E-state index contributed by atoms with van der Waals surface area (Å²) in [5.41, 5.74) is 5.28. The van der Waals surface area contributed by atoms with Gasteiger partial charge in [0.15, 0.2) is 17.2 Å². The summed E-state index contributed by atoms with van der Waals surface area (Å²) in [6, 6.07) is 9.63. The lowest BCUT2D eigenvalue weighted by Gasteiger charge is -2.04. The molecule has 1 amide bonds. The van der Waals surface area contributed by atoms with Crippen LogP contribution in [0.2, 0.25) is 0 Å². The van der Waals surface area contributed by atoms with Crippen LogP contribution < -0.4 is 16.6 Å². The zero-order valence-electron chi connectivity index (χ0n) is 14.2. The highest BCUT2D eigenvalue weighted by Gasteiger charge is 2.21. The van der Waals surface area contributed by atoms with Crippen molar-refractivity contribution in [2.75, 3.05) is 5.32 Å². The molecule has 4 aromatic rings. The Morgan fingerprint density at radius 3 is 2.43 bits per heavy atom. The van der Waals surface area contributed by atoms with E-state index in [2.05, 4.69) is 15.3 Å². The molecule has 4 rings (SSSR count). The summed E-state index contributed by atoms with van der Waals surface area (Å²) in [6.07, 6.45) is 2.80. The van der Waals surface area contributed by atoms with Crippen molar-refractivity contribution < 1.29 is 13.6 Å². The van der Waals surface area contributed by atoms with Gasteiger partial charge in [-0.1, -0.05) is 6.07 Å². The lowest BCUT2D eigenvalue weighted by Crippen LogP contribution is -2.11. The van der Waals surface area contributed by atoms with Crippen LogP contribution in [0.15, 0.2) is 59.7 Å². The first kappa shape index (κ1) is 17.4. The number of carbonyl (C=O) groups is 1. The van der Waals surface area contributed by atoms with Gasteiger partial charge in [-0.15, -0.1) is 0 Å². The van der Waals surface area contributed by atoms with Crippen LogP contribution in [0, 0.1) is 11.6 Å². The number of hydrogen-bond acceptors (Lipinski definition) is 4. The number of carbonyl (C=O) groups excluding carboxylic acids is 1. The van der Waals surface area contributed by atoms with E-state index in [1.165, 1.54) is 35.0 Å². The number of benzene rings is 2. The third kappa shape index (κ3) is 2.88. The lowest BCUT2D eigenvalue weighted by molar-refractivity contribution is 0.100. The molecule has 9 heteroatoms. The highest BCUT2D eigenvalue weighted by Crippen LogP contribution is 2.29. The summed E-state index contributed by atoms with van der Waals surface area (Å²) in [4.78, 5) is 30.3. The minimum Gasteiger partial charge on any atom is -0.366 e. The maximum atomic E-state index is 14.3. The summed E-state index contributed by atoms with van der Waals surface area (Å²) in [5, 5.41) is 2.93. The van der Waals surface area contributed by atoms with E-state index in [-0.39, 0.29) is 22.7 Å². The van der Waals surface area contributed by atoms with E-state index in [1.54, 1.807) is 12.1 Å². The van der Waals surface area contributed by atoms with Crippen molar-refractivity contribution >= 4 is 22.9 Å². The average Bonchev–Trinajstić information content (AvgIpc) is 3.01. The number of fused-ring (bicyclic) bond motifs is 1. The molecule has 0 unspecified atom stereocenters. The van der Waals surface area contributed by atoms with Crippen LogP contribution in [-0.2, 0) is 0 Å². The van der Waals surface area contributed by atoms with Crippen molar-refractivity contribution in [2.24, 2.45) is 5.73 Å². The average molecular weight is 381 g/mol. The number of amides is 1. The zero-order valence-corrected chi connectivity index (χ0v) is 14.2. The van der Waals surface area contributed by atoms with Crippen molar-refractivity contribution in [3.63, 3.8) is 0 Å². The fraction of sp³-hybridized carbons (Fsp3) is 0. The van der Waals surface area contributed by atoms with E-state index in [9.17, 15) is 18.4 Å². The Hall–Kier alpha value is -4.01. The van der Waals surface area contributed by atoms with E-state index in [0.29, 0.717) is 11.3 Å². The van der Waals surface area contributed by atoms with Gasteiger partial charge in [0.25, 0.3) is 5.56 Å². The van der Waals surface area contributed by atoms with Crippen LogP contribution in [0.4, 0.5) is 20.3 Å². The number of imidazole rings is 1. The summed E-state index contributed by atoms with van der Waals surface area (Å²) < 4.78 is 29.9. The van der Waals surface area contributed by atoms with Crippen molar-refractivity contribution in [1.29, 1.82) is 0 Å². The summed E-state index contributed by atoms with van der Waals surface area (Å²) in [5.74, 6) is -2.14. The summed E-state index contributed by atoms with van der Waals surface area (Å²) >= 11 is 0. The molecule has 0 aliphatic heterocycles. The molecular weight excluding hydrogens is 368 g/mol. The Balaban J connectivity index is 1.88. The lowest BCUT2D eigenvalue weighted by atomic mass is 10.2. The number of halogens is 2. The maximum Gasteiger partial charge on any atom is 0.276 e. The van der Waals surface area contributed by atoms with E-state index in [1.807, 2.05) is 0 Å². The number of rotatable bonds is 4. The number of H-pyrrole nitrogens is 1. The quantitative estimate of drug-likeness (QED) is 0.505. The molecule has 0 aliphatic carbocycles. The Bertz CT molecular complexity index is 1240. The minimum atomic E-state index is -0.801. The van der Waals surface area contributed by atoms with Gasteiger partial charge in [-0.3, -0.25) is 14.0 Å². The molecule has 2 aromatic heterocycles. The van der Waals surface area contributed by atoms with E-state index >= 15 is 0 Å². The van der Waals surface area contributed by atoms with Crippen LogP contribution in [-0.4, -0.2) is 20.3 Å². The number of aromatic nitrogens is 3. The number of anilines is 2. The maximum absolute atomic E-state index is 14.3. The molecule has 140 valence electrons. The highest BCUT2D eigenvalue weighted by molar-refractivity contribution is 5.93. The van der Waals surface area contributed by atoms with Crippen LogP contribution >= 0.6 is 0 Å². The molecule has 0 bridgehead atoms. The monoisotopic (exact) mass is 381 g/mol. The predicted octanol–water partition coefficient (Wildman–Crippen LogP) is 2.81. The SMILES string of the molecule is NC(=O)c1ccc(Nc2nc(-c3c(F)cccc3F)n3cc[nH]c(=O)c23)cc1. The van der Waals surface area contributed by atoms with Crippen molar-refractivity contribution in [1.82, 2.24) is 14.4 Å². The second-order valence-electron chi connectivity index (χ2n) is 5.96. The van der Waals surface area contributed by atoms with Gasteiger partial charge < -0.3 is 16.0 Å². The van der Waals surface area contributed by atoms with Gasteiger partial charge in [0, 0.05) is 23.6 Å². The van der Waals surface area contributed by atoms with Crippen molar-refractivity contribution in [3.05, 3.63) is 82.4 Å². The number of nitrogens with two attached hydrogens (primary N) is 1. The topological polar surface area (TPSA) is 105 Å². The molecule has 0 fully saturated rings. The van der Waals surface area contributed by atoms with Gasteiger partial charge >= 0.3 is 0 Å². The number of hydrogen-bond donors (Lipinski definition) is 3. The number of aromatic amines is 1. The van der Waals surface area contributed by atoms with Crippen LogP contribution in [0.3, 0.4) is 0 Å². The summed E-state index contributed by atoms with van der Waals surface area (Å²) in [6.45, 7) is 0. The molecule has 0 aliphatic rings. The molecule has 0 spiro atoms. The Labute approximate surface area is 156 Å². The third-order valence-corrected chi connectivity index (χ3v) is 4.18. The second kappa shape index (κ2) is 6.62. The molecule has 0 saturated heterocycles. The first-order chi connectivity index (χ1) is 13.5. The number of nitrogens with one attached hydrogen (secondary N) is 2. The van der Waals surface area contributed by atoms with Gasteiger partial charge in [-0.25, -0.2) is 13.8 Å². The third-order valence-electron chi connectivity index (χ3n) is 4.18. The Kier molecular flexibility index (Phi) is 4.11. The first-order valence-corrected chi connectivity index (χ1v) is 8.16. The van der Waals surface area contributed by atoms with E-state index in [4.69, 9.17) is 5.73 Å². The molecule has 28 heavy (non-hydrogen) atoms. The first-order valence-electron chi connectivity index (χ1n) is 8.16. The van der Waals surface area contributed by atoms with Crippen LogP contribution in [0.5, 0.6) is 0 Å². The minimum absolute atomic E-state index is 0.0621. The molecular formula is C19H13F2N5O2. The standard InChI is InChI=1S/C19H13F2N5O2/c20-12-2-1-3-13(21)14(12)18-25-17(15-19(28)23-8-9-26(15)18)24-11-6-4-10(5-7-11)16(22)27/h1-9,24H,(H2,22,27)(H,23,28). The van der Waals surface area contributed by atoms with Crippen LogP contribution in [0.1, 0.15) is 10.4 Å². The molecule has 7 nitrogen and oxygen atoms in total. The van der Waals surface area contributed by atoms with E-state index < -0.39 is 23.1 Å². The Morgan fingerprint density at radius 2 is 1.79 bits per heavy atom. The number of nitrogens with zero attached hydrogens (tertiary/aromatic N) is 2. The second-order valence-corrected chi connectivity index (χ2v) is 5.96. The molecule has 0 saturated carbocycles.